The molecule has 4 aromatic rings. The van der Waals surface area contributed by atoms with E-state index in [4.69, 9.17) is 4.42 Å². The molecule has 0 saturated carbocycles. The van der Waals surface area contributed by atoms with E-state index in [0.717, 1.165) is 5.69 Å². The molecule has 0 spiro atoms. The van der Waals surface area contributed by atoms with Crippen molar-refractivity contribution in [3.8, 4) is 17.1 Å². The average molecular weight is 347 g/mol. The molecule has 0 atom stereocenters. The highest BCUT2D eigenvalue weighted by Gasteiger charge is 2.19. The Balaban J connectivity index is 1.73. The van der Waals surface area contributed by atoms with Gasteiger partial charge in [0.1, 0.15) is 17.2 Å². The van der Waals surface area contributed by atoms with Crippen molar-refractivity contribution >= 4 is 11.6 Å². The van der Waals surface area contributed by atoms with Crippen LogP contribution in [-0.2, 0) is 0 Å². The highest BCUT2D eigenvalue weighted by Crippen LogP contribution is 2.23. The summed E-state index contributed by atoms with van der Waals surface area (Å²) < 4.78 is 20.0. The minimum atomic E-state index is -0.363. The van der Waals surface area contributed by atoms with Crippen LogP contribution in [0.1, 0.15) is 10.5 Å². The largest absolute Gasteiger partial charge is 0.463 e. The SMILES string of the molecule is O=C(Nc1ccc(F)cc1)c1cc(-c2ccco2)nn1-c1ccccc1. The number of hydrogen-bond acceptors (Lipinski definition) is 3. The Morgan fingerprint density at radius 1 is 1.00 bits per heavy atom. The standard InChI is InChI=1S/C20H14FN3O2/c21-14-8-10-15(11-9-14)22-20(25)18-13-17(19-7-4-12-26-19)23-24(18)16-5-2-1-3-6-16/h1-13H,(H,22,25). The second kappa shape index (κ2) is 6.68. The number of carbonyl (C=O) groups is 1. The van der Waals surface area contributed by atoms with Gasteiger partial charge in [-0.25, -0.2) is 9.07 Å². The summed E-state index contributed by atoms with van der Waals surface area (Å²) >= 11 is 0. The third-order valence-electron chi connectivity index (χ3n) is 3.82. The van der Waals surface area contributed by atoms with E-state index < -0.39 is 0 Å². The number of carbonyl (C=O) groups excluding carboxylic acids is 1. The van der Waals surface area contributed by atoms with E-state index in [1.54, 1.807) is 29.1 Å². The molecule has 1 amide bonds. The molecule has 4 rings (SSSR count). The summed E-state index contributed by atoms with van der Waals surface area (Å²) in [4.78, 5) is 12.8. The number of halogens is 1. The van der Waals surface area contributed by atoms with Crippen LogP contribution in [0.25, 0.3) is 17.1 Å². The Bertz CT molecular complexity index is 1020. The van der Waals surface area contributed by atoms with E-state index in [1.165, 1.54) is 24.3 Å². The van der Waals surface area contributed by atoms with Gasteiger partial charge < -0.3 is 9.73 Å². The molecule has 26 heavy (non-hydrogen) atoms. The highest BCUT2D eigenvalue weighted by molar-refractivity contribution is 6.04. The van der Waals surface area contributed by atoms with Crippen molar-refractivity contribution in [1.82, 2.24) is 9.78 Å². The monoisotopic (exact) mass is 347 g/mol. The van der Waals surface area contributed by atoms with Gasteiger partial charge in [-0.1, -0.05) is 18.2 Å². The predicted molar refractivity (Wildman–Crippen MR) is 95.6 cm³/mol. The summed E-state index contributed by atoms with van der Waals surface area (Å²) in [5.74, 6) is -0.154. The number of benzene rings is 2. The average Bonchev–Trinajstić information content (AvgIpc) is 3.34. The van der Waals surface area contributed by atoms with Crippen molar-refractivity contribution in [3.63, 3.8) is 0 Å². The first-order valence-corrected chi connectivity index (χ1v) is 7.97. The van der Waals surface area contributed by atoms with Crippen molar-refractivity contribution in [1.29, 1.82) is 0 Å². The summed E-state index contributed by atoms with van der Waals surface area (Å²) in [5.41, 5.74) is 2.13. The Morgan fingerprint density at radius 3 is 2.46 bits per heavy atom. The fourth-order valence-electron chi connectivity index (χ4n) is 2.58. The van der Waals surface area contributed by atoms with Crippen molar-refractivity contribution < 1.29 is 13.6 Å². The molecule has 0 fully saturated rings. The molecule has 0 unspecified atom stereocenters. The maximum absolute atomic E-state index is 13.1. The van der Waals surface area contributed by atoms with E-state index >= 15 is 0 Å². The molecule has 0 radical (unpaired) electrons. The second-order valence-corrected chi connectivity index (χ2v) is 5.60. The maximum Gasteiger partial charge on any atom is 0.274 e. The lowest BCUT2D eigenvalue weighted by Gasteiger charge is -2.08. The first-order valence-electron chi connectivity index (χ1n) is 7.97. The predicted octanol–water partition coefficient (Wildman–Crippen LogP) is 4.52. The number of amides is 1. The molecule has 0 aliphatic rings. The Labute approximate surface area is 148 Å². The van der Waals surface area contributed by atoms with Gasteiger partial charge in [0.2, 0.25) is 0 Å². The summed E-state index contributed by atoms with van der Waals surface area (Å²) in [6.07, 6.45) is 1.55. The third-order valence-corrected chi connectivity index (χ3v) is 3.82. The molecule has 2 aromatic heterocycles. The lowest BCUT2D eigenvalue weighted by atomic mass is 10.2. The summed E-state index contributed by atoms with van der Waals surface area (Å²) in [7, 11) is 0. The van der Waals surface area contributed by atoms with Crippen molar-refractivity contribution in [3.05, 3.63) is 90.6 Å². The molecule has 6 heteroatoms. The van der Waals surface area contributed by atoms with Crippen LogP contribution < -0.4 is 5.32 Å². The molecular weight excluding hydrogens is 333 g/mol. The molecule has 0 aliphatic heterocycles. The molecule has 5 nitrogen and oxygen atoms in total. The van der Waals surface area contributed by atoms with E-state index in [1.807, 2.05) is 30.3 Å². The lowest BCUT2D eigenvalue weighted by molar-refractivity contribution is 0.101. The van der Waals surface area contributed by atoms with Crippen LogP contribution in [0.2, 0.25) is 0 Å². The third kappa shape index (κ3) is 3.12. The molecule has 0 aliphatic carbocycles. The van der Waals surface area contributed by atoms with E-state index in [0.29, 0.717) is 22.8 Å². The van der Waals surface area contributed by atoms with Crippen molar-refractivity contribution in [2.24, 2.45) is 0 Å². The van der Waals surface area contributed by atoms with Gasteiger partial charge in [-0.2, -0.15) is 5.10 Å². The molecule has 128 valence electrons. The number of rotatable bonds is 4. The van der Waals surface area contributed by atoms with Gasteiger partial charge in [0, 0.05) is 11.8 Å². The zero-order valence-electron chi connectivity index (χ0n) is 13.6. The number of anilines is 1. The van der Waals surface area contributed by atoms with Crippen molar-refractivity contribution in [2.45, 2.75) is 0 Å². The molecular formula is C20H14FN3O2. The summed E-state index contributed by atoms with van der Waals surface area (Å²) in [6.45, 7) is 0. The summed E-state index contributed by atoms with van der Waals surface area (Å²) in [6, 6.07) is 20.1. The number of para-hydroxylation sites is 1. The smallest absolute Gasteiger partial charge is 0.274 e. The van der Waals surface area contributed by atoms with Crippen molar-refractivity contribution in [2.75, 3.05) is 5.32 Å². The van der Waals surface area contributed by atoms with Gasteiger partial charge in [0.25, 0.3) is 5.91 Å². The fraction of sp³-hybridized carbons (Fsp3) is 0. The molecule has 1 N–H and O–H groups in total. The van der Waals surface area contributed by atoms with Crippen LogP contribution in [0.15, 0.2) is 83.5 Å². The minimum absolute atomic E-state index is 0.340. The van der Waals surface area contributed by atoms with Crippen LogP contribution in [0.3, 0.4) is 0 Å². The normalized spacial score (nSPS) is 10.7. The number of hydrogen-bond donors (Lipinski definition) is 1. The topological polar surface area (TPSA) is 60.1 Å². The molecule has 2 heterocycles. The first kappa shape index (κ1) is 15.8. The Morgan fingerprint density at radius 2 is 1.77 bits per heavy atom. The lowest BCUT2D eigenvalue weighted by Crippen LogP contribution is -2.16. The van der Waals surface area contributed by atoms with E-state index in [-0.39, 0.29) is 11.7 Å². The van der Waals surface area contributed by atoms with E-state index in [9.17, 15) is 9.18 Å². The number of aromatic nitrogens is 2. The zero-order valence-corrected chi connectivity index (χ0v) is 13.6. The Kier molecular flexibility index (Phi) is 4.07. The summed E-state index contributed by atoms with van der Waals surface area (Å²) in [5, 5.41) is 7.26. The van der Waals surface area contributed by atoms with Gasteiger partial charge in [0.05, 0.1) is 12.0 Å². The van der Waals surface area contributed by atoms with Crippen LogP contribution in [0.4, 0.5) is 10.1 Å². The highest BCUT2D eigenvalue weighted by atomic mass is 19.1. The second-order valence-electron chi connectivity index (χ2n) is 5.60. The number of nitrogens with zero attached hydrogens (tertiary/aromatic N) is 2. The first-order chi connectivity index (χ1) is 12.7. The van der Waals surface area contributed by atoms with Gasteiger partial charge >= 0.3 is 0 Å². The fourth-order valence-corrected chi connectivity index (χ4v) is 2.58. The van der Waals surface area contributed by atoms with Gasteiger partial charge in [-0.3, -0.25) is 4.79 Å². The molecule has 0 bridgehead atoms. The van der Waals surface area contributed by atoms with Gasteiger partial charge in [0.15, 0.2) is 5.76 Å². The number of furan rings is 1. The van der Waals surface area contributed by atoms with Crippen LogP contribution in [0, 0.1) is 5.82 Å². The maximum atomic E-state index is 13.1. The van der Waals surface area contributed by atoms with E-state index in [2.05, 4.69) is 10.4 Å². The number of nitrogens with one attached hydrogen (secondary N) is 1. The minimum Gasteiger partial charge on any atom is -0.463 e. The van der Waals surface area contributed by atoms with Crippen LogP contribution in [-0.4, -0.2) is 15.7 Å². The van der Waals surface area contributed by atoms with Crippen LogP contribution in [0.5, 0.6) is 0 Å². The Hall–Kier alpha value is -3.67. The zero-order chi connectivity index (χ0) is 17.9. The molecule has 0 saturated heterocycles. The van der Waals surface area contributed by atoms with Crippen LogP contribution >= 0.6 is 0 Å². The van der Waals surface area contributed by atoms with Gasteiger partial charge in [-0.15, -0.1) is 0 Å². The molecule has 2 aromatic carbocycles. The quantitative estimate of drug-likeness (QED) is 0.590. The van der Waals surface area contributed by atoms with Gasteiger partial charge in [-0.05, 0) is 48.5 Å².